The highest BCUT2D eigenvalue weighted by Gasteiger charge is 2.47. The molecular formula is C14H20N4O. The molecule has 0 aliphatic carbocycles. The average Bonchev–Trinajstić information content (AvgIpc) is 2.63. The Morgan fingerprint density at radius 1 is 1.32 bits per heavy atom. The van der Waals surface area contributed by atoms with Crippen molar-refractivity contribution in [3.8, 4) is 0 Å². The fourth-order valence-corrected chi connectivity index (χ4v) is 3.76. The molecule has 19 heavy (non-hydrogen) atoms. The molecule has 1 amide bonds. The summed E-state index contributed by atoms with van der Waals surface area (Å²) in [5, 5.41) is 3.12. The predicted molar refractivity (Wildman–Crippen MR) is 72.8 cm³/mol. The van der Waals surface area contributed by atoms with Crippen LogP contribution in [0.4, 0.5) is 5.95 Å². The summed E-state index contributed by atoms with van der Waals surface area (Å²) in [6, 6.07) is 2.73. The zero-order valence-electron chi connectivity index (χ0n) is 11.5. The molecular weight excluding hydrogens is 240 g/mol. The lowest BCUT2D eigenvalue weighted by molar-refractivity contribution is -0.121. The fraction of sp³-hybridized carbons (Fsp3) is 0.643. The molecule has 2 bridgehead atoms. The fourth-order valence-electron chi connectivity index (χ4n) is 3.76. The highest BCUT2D eigenvalue weighted by Crippen LogP contribution is 2.41. The summed E-state index contributed by atoms with van der Waals surface area (Å²) in [5.41, 5.74) is -0.0804. The van der Waals surface area contributed by atoms with E-state index in [1.54, 1.807) is 19.3 Å². The van der Waals surface area contributed by atoms with Crippen LogP contribution in [0.3, 0.4) is 0 Å². The highest BCUT2D eigenvalue weighted by molar-refractivity contribution is 5.73. The van der Waals surface area contributed by atoms with Gasteiger partial charge in [0.2, 0.25) is 11.9 Å². The van der Waals surface area contributed by atoms with Gasteiger partial charge >= 0.3 is 0 Å². The normalized spacial score (nSPS) is 33.3. The Labute approximate surface area is 113 Å². The lowest BCUT2D eigenvalue weighted by Crippen LogP contribution is -2.57. The third-order valence-electron chi connectivity index (χ3n) is 4.25. The first-order chi connectivity index (χ1) is 9.07. The number of fused-ring (bicyclic) bond motifs is 2. The van der Waals surface area contributed by atoms with Gasteiger partial charge in [0, 0.05) is 36.9 Å². The number of carbonyl (C=O) groups excluding carboxylic acids is 1. The molecule has 2 aliphatic rings. The van der Waals surface area contributed by atoms with Gasteiger partial charge in [-0.15, -0.1) is 0 Å². The van der Waals surface area contributed by atoms with Gasteiger partial charge in [0.05, 0.1) is 0 Å². The summed E-state index contributed by atoms with van der Waals surface area (Å²) in [5.74, 6) is 0.895. The zero-order chi connectivity index (χ0) is 13.5. The second-order valence-corrected chi connectivity index (χ2v) is 5.99. The quantitative estimate of drug-likeness (QED) is 0.875. The molecule has 1 aromatic heterocycles. The number of piperidine rings is 1. The van der Waals surface area contributed by atoms with Gasteiger partial charge in [0.1, 0.15) is 0 Å². The van der Waals surface area contributed by atoms with Crippen LogP contribution in [-0.4, -0.2) is 33.5 Å². The second-order valence-electron chi connectivity index (χ2n) is 5.99. The first kappa shape index (κ1) is 12.4. The van der Waals surface area contributed by atoms with Crippen LogP contribution in [-0.2, 0) is 4.79 Å². The van der Waals surface area contributed by atoms with E-state index >= 15 is 0 Å². The molecule has 2 fully saturated rings. The van der Waals surface area contributed by atoms with Crippen LogP contribution in [0.1, 0.15) is 39.5 Å². The lowest BCUT2D eigenvalue weighted by atomic mass is 9.84. The third kappa shape index (κ3) is 2.29. The Hall–Kier alpha value is -1.65. The Balaban J connectivity index is 1.81. The van der Waals surface area contributed by atoms with E-state index in [-0.39, 0.29) is 11.4 Å². The van der Waals surface area contributed by atoms with Gasteiger partial charge in [0.15, 0.2) is 0 Å². The molecule has 102 valence electrons. The molecule has 1 N–H and O–H groups in total. The number of anilines is 1. The molecule has 0 radical (unpaired) electrons. The summed E-state index contributed by atoms with van der Waals surface area (Å²) in [6.07, 6.45) is 7.87. The van der Waals surface area contributed by atoms with Crippen LogP contribution >= 0.6 is 0 Å². The van der Waals surface area contributed by atoms with Crippen molar-refractivity contribution in [2.45, 2.75) is 57.2 Å². The first-order valence-corrected chi connectivity index (χ1v) is 6.91. The minimum atomic E-state index is -0.0804. The van der Waals surface area contributed by atoms with Crippen molar-refractivity contribution in [3.63, 3.8) is 0 Å². The average molecular weight is 260 g/mol. The van der Waals surface area contributed by atoms with Crippen molar-refractivity contribution >= 4 is 11.9 Å². The molecule has 0 unspecified atom stereocenters. The highest BCUT2D eigenvalue weighted by atomic mass is 16.1. The van der Waals surface area contributed by atoms with Crippen molar-refractivity contribution in [1.29, 1.82) is 0 Å². The summed E-state index contributed by atoms with van der Waals surface area (Å²) < 4.78 is 0. The number of amides is 1. The first-order valence-electron chi connectivity index (χ1n) is 6.91. The monoisotopic (exact) mass is 260 g/mol. The van der Waals surface area contributed by atoms with E-state index in [1.807, 2.05) is 6.07 Å². The number of hydrogen-bond acceptors (Lipinski definition) is 4. The van der Waals surface area contributed by atoms with Crippen LogP contribution in [0.2, 0.25) is 0 Å². The number of rotatable bonds is 2. The van der Waals surface area contributed by atoms with Crippen LogP contribution in [0, 0.1) is 0 Å². The van der Waals surface area contributed by atoms with E-state index in [9.17, 15) is 4.79 Å². The van der Waals surface area contributed by atoms with Gasteiger partial charge in [-0.1, -0.05) is 0 Å². The van der Waals surface area contributed by atoms with E-state index in [4.69, 9.17) is 0 Å². The Bertz CT molecular complexity index is 462. The smallest absolute Gasteiger partial charge is 0.225 e. The molecule has 5 nitrogen and oxygen atoms in total. The predicted octanol–water partition coefficient (Wildman–Crippen LogP) is 1.50. The molecule has 3 heterocycles. The molecule has 5 heteroatoms. The molecule has 0 spiro atoms. The van der Waals surface area contributed by atoms with Gasteiger partial charge in [-0.3, -0.25) is 4.79 Å². The molecule has 0 aromatic carbocycles. The maximum atomic E-state index is 11.4. The van der Waals surface area contributed by atoms with Gasteiger partial charge in [-0.25, -0.2) is 9.97 Å². The molecule has 3 rings (SSSR count). The Kier molecular flexibility index (Phi) is 2.92. The van der Waals surface area contributed by atoms with Gasteiger partial charge in [-0.05, 0) is 38.7 Å². The molecule has 3 atom stereocenters. The van der Waals surface area contributed by atoms with Gasteiger partial charge in [0.25, 0.3) is 0 Å². The summed E-state index contributed by atoms with van der Waals surface area (Å²) in [7, 11) is 0. The number of aromatic nitrogens is 2. The summed E-state index contributed by atoms with van der Waals surface area (Å²) in [6.45, 7) is 3.75. The van der Waals surface area contributed by atoms with Crippen molar-refractivity contribution in [2.24, 2.45) is 0 Å². The van der Waals surface area contributed by atoms with E-state index in [2.05, 4.69) is 27.1 Å². The second kappa shape index (κ2) is 4.47. The van der Waals surface area contributed by atoms with Crippen LogP contribution in [0.15, 0.2) is 18.5 Å². The van der Waals surface area contributed by atoms with Crippen molar-refractivity contribution in [3.05, 3.63) is 18.5 Å². The van der Waals surface area contributed by atoms with E-state index in [1.165, 1.54) is 0 Å². The topological polar surface area (TPSA) is 58.1 Å². The molecule has 0 saturated carbocycles. The van der Waals surface area contributed by atoms with Crippen LogP contribution < -0.4 is 10.2 Å². The summed E-state index contributed by atoms with van der Waals surface area (Å²) in [4.78, 5) is 22.5. The Morgan fingerprint density at radius 2 is 1.89 bits per heavy atom. The Morgan fingerprint density at radius 3 is 2.42 bits per heavy atom. The van der Waals surface area contributed by atoms with E-state index < -0.39 is 0 Å². The third-order valence-corrected chi connectivity index (χ3v) is 4.25. The zero-order valence-corrected chi connectivity index (χ0v) is 11.5. The number of carbonyl (C=O) groups is 1. The maximum Gasteiger partial charge on any atom is 0.225 e. The molecule has 2 saturated heterocycles. The van der Waals surface area contributed by atoms with E-state index in [0.717, 1.165) is 31.6 Å². The maximum absolute atomic E-state index is 11.4. The van der Waals surface area contributed by atoms with Crippen molar-refractivity contribution in [1.82, 2.24) is 15.3 Å². The largest absolute Gasteiger partial charge is 0.351 e. The van der Waals surface area contributed by atoms with Gasteiger partial charge < -0.3 is 10.2 Å². The van der Waals surface area contributed by atoms with E-state index in [0.29, 0.717) is 12.1 Å². The van der Waals surface area contributed by atoms with Crippen LogP contribution in [0.5, 0.6) is 0 Å². The SMILES string of the molecule is CC(=O)N[C@]1(C)C[C@H]2CC[C@@H](C1)N2c1ncccn1. The van der Waals surface area contributed by atoms with Crippen molar-refractivity contribution in [2.75, 3.05) is 4.90 Å². The molecule has 2 aliphatic heterocycles. The minimum absolute atomic E-state index is 0.0614. The van der Waals surface area contributed by atoms with Gasteiger partial charge in [-0.2, -0.15) is 0 Å². The number of nitrogens with one attached hydrogen (secondary N) is 1. The summed E-state index contributed by atoms with van der Waals surface area (Å²) >= 11 is 0. The van der Waals surface area contributed by atoms with Crippen molar-refractivity contribution < 1.29 is 4.79 Å². The van der Waals surface area contributed by atoms with Crippen LogP contribution in [0.25, 0.3) is 0 Å². The molecule has 1 aromatic rings. The number of nitrogens with zero attached hydrogens (tertiary/aromatic N) is 3. The lowest BCUT2D eigenvalue weighted by Gasteiger charge is -2.45. The number of hydrogen-bond donors (Lipinski definition) is 1. The minimum Gasteiger partial charge on any atom is -0.351 e. The standard InChI is InChI=1S/C14H20N4O/c1-10(19)17-14(2)8-11-4-5-12(9-14)18(11)13-15-6-3-7-16-13/h3,6-7,11-12H,4-5,8-9H2,1-2H3,(H,17,19)/t11-,12+,14-.